The second-order valence-electron chi connectivity index (χ2n) is 5.33. The molecule has 1 saturated carbocycles. The molecule has 1 aromatic carbocycles. The Labute approximate surface area is 119 Å². The summed E-state index contributed by atoms with van der Waals surface area (Å²) in [4.78, 5) is 8.41. The molecule has 1 aromatic heterocycles. The highest BCUT2D eigenvalue weighted by Gasteiger charge is 2.16. The van der Waals surface area contributed by atoms with E-state index in [1.54, 1.807) is 12.4 Å². The second kappa shape index (κ2) is 5.83. The Morgan fingerprint density at radius 1 is 1.05 bits per heavy atom. The van der Waals surface area contributed by atoms with Crippen LogP contribution >= 0.6 is 0 Å². The maximum absolute atomic E-state index is 9.15. The molecule has 0 unspecified atom stereocenters. The van der Waals surface area contributed by atoms with Gasteiger partial charge in [0.1, 0.15) is 11.8 Å². The summed E-state index contributed by atoms with van der Waals surface area (Å²) in [5.41, 5.74) is 3.45. The van der Waals surface area contributed by atoms with Crippen molar-refractivity contribution in [1.82, 2.24) is 9.97 Å². The normalized spacial score (nSPS) is 15.8. The quantitative estimate of drug-likeness (QED) is 0.820. The molecule has 1 aliphatic carbocycles. The average Bonchev–Trinajstić information content (AvgIpc) is 2.56. The monoisotopic (exact) mass is 263 g/mol. The fraction of sp³-hybridized carbons (Fsp3) is 0.353. The van der Waals surface area contributed by atoms with Crippen LogP contribution < -0.4 is 0 Å². The van der Waals surface area contributed by atoms with Crippen LogP contribution in [0, 0.1) is 11.3 Å². The third kappa shape index (κ3) is 2.55. The molecule has 1 fully saturated rings. The van der Waals surface area contributed by atoms with Gasteiger partial charge in [-0.05, 0) is 30.4 Å². The van der Waals surface area contributed by atoms with Gasteiger partial charge in [0.05, 0.1) is 0 Å². The number of nitriles is 1. The summed E-state index contributed by atoms with van der Waals surface area (Å²) in [6.45, 7) is 0. The van der Waals surface area contributed by atoms with E-state index < -0.39 is 0 Å². The van der Waals surface area contributed by atoms with Crippen molar-refractivity contribution in [3.8, 4) is 17.3 Å². The summed E-state index contributed by atoms with van der Waals surface area (Å²) in [6.07, 6.45) is 9.76. The van der Waals surface area contributed by atoms with Crippen LogP contribution in [-0.4, -0.2) is 9.97 Å². The van der Waals surface area contributed by atoms with Gasteiger partial charge in [-0.15, -0.1) is 0 Å². The fourth-order valence-corrected chi connectivity index (χ4v) is 3.01. The molecule has 0 amide bonds. The van der Waals surface area contributed by atoms with E-state index in [0.717, 1.165) is 5.56 Å². The molecule has 0 spiro atoms. The van der Waals surface area contributed by atoms with E-state index in [1.807, 2.05) is 6.07 Å². The predicted molar refractivity (Wildman–Crippen MR) is 78.0 cm³/mol. The van der Waals surface area contributed by atoms with Gasteiger partial charge in [0.2, 0.25) is 0 Å². The zero-order chi connectivity index (χ0) is 13.8. The van der Waals surface area contributed by atoms with Gasteiger partial charge in [-0.2, -0.15) is 5.26 Å². The summed E-state index contributed by atoms with van der Waals surface area (Å²) in [5.74, 6) is 0.658. The van der Waals surface area contributed by atoms with Crippen molar-refractivity contribution in [1.29, 1.82) is 5.26 Å². The van der Waals surface area contributed by atoms with Crippen LogP contribution in [0.2, 0.25) is 0 Å². The molecule has 1 heterocycles. The summed E-state index contributed by atoms with van der Waals surface area (Å²) in [6, 6.07) is 10.6. The first kappa shape index (κ1) is 12.8. The lowest BCUT2D eigenvalue weighted by Gasteiger charge is -2.22. The average molecular weight is 263 g/mol. The Morgan fingerprint density at radius 2 is 1.85 bits per heavy atom. The van der Waals surface area contributed by atoms with Crippen LogP contribution in [-0.2, 0) is 0 Å². The molecule has 3 nitrogen and oxygen atoms in total. The maximum atomic E-state index is 9.15. The van der Waals surface area contributed by atoms with Crippen LogP contribution in [0.5, 0.6) is 0 Å². The van der Waals surface area contributed by atoms with Gasteiger partial charge < -0.3 is 0 Å². The van der Waals surface area contributed by atoms with Gasteiger partial charge in [-0.3, -0.25) is 4.98 Å². The Balaban J connectivity index is 1.97. The Kier molecular flexibility index (Phi) is 3.73. The van der Waals surface area contributed by atoms with Crippen molar-refractivity contribution in [2.45, 2.75) is 38.0 Å². The molecule has 0 saturated heterocycles. The highest BCUT2D eigenvalue weighted by atomic mass is 14.8. The van der Waals surface area contributed by atoms with E-state index in [4.69, 9.17) is 5.26 Å². The minimum atomic E-state index is 0.397. The van der Waals surface area contributed by atoms with E-state index >= 15 is 0 Å². The lowest BCUT2D eigenvalue weighted by Crippen LogP contribution is -2.04. The first-order valence-electron chi connectivity index (χ1n) is 7.20. The molecule has 0 atom stereocenters. The molecule has 3 rings (SSSR count). The summed E-state index contributed by atoms with van der Waals surface area (Å²) in [5, 5.41) is 9.15. The molecule has 1 aliphatic rings. The molecule has 0 N–H and O–H groups in total. The molecule has 2 aromatic rings. The van der Waals surface area contributed by atoms with Crippen LogP contribution in [0.4, 0.5) is 0 Å². The standard InChI is InChI=1S/C17H17N3/c18-12-16-17(20-10-9-19-16)15-8-4-7-14(11-15)13-5-2-1-3-6-13/h4,7-11,13H,1-3,5-6H2. The van der Waals surface area contributed by atoms with Crippen molar-refractivity contribution in [2.75, 3.05) is 0 Å². The smallest absolute Gasteiger partial charge is 0.166 e. The van der Waals surface area contributed by atoms with E-state index in [9.17, 15) is 0 Å². The minimum absolute atomic E-state index is 0.397. The molecule has 0 radical (unpaired) electrons. The molecule has 20 heavy (non-hydrogen) atoms. The number of rotatable bonds is 2. The van der Waals surface area contributed by atoms with Crippen LogP contribution in [0.1, 0.15) is 49.3 Å². The predicted octanol–water partition coefficient (Wildman–Crippen LogP) is 4.06. The van der Waals surface area contributed by atoms with Crippen LogP contribution in [0.3, 0.4) is 0 Å². The van der Waals surface area contributed by atoms with Gasteiger partial charge in [-0.25, -0.2) is 4.98 Å². The highest BCUT2D eigenvalue weighted by Crippen LogP contribution is 2.34. The van der Waals surface area contributed by atoms with Gasteiger partial charge in [0.15, 0.2) is 5.69 Å². The Morgan fingerprint density at radius 3 is 2.65 bits per heavy atom. The largest absolute Gasteiger partial charge is 0.252 e. The number of nitrogens with zero attached hydrogens (tertiary/aromatic N) is 3. The number of aromatic nitrogens is 2. The lowest BCUT2D eigenvalue weighted by atomic mass is 9.83. The van der Waals surface area contributed by atoms with Crippen molar-refractivity contribution in [3.63, 3.8) is 0 Å². The number of benzene rings is 1. The van der Waals surface area contributed by atoms with Gasteiger partial charge in [0.25, 0.3) is 0 Å². The Hall–Kier alpha value is -2.21. The molecular formula is C17H17N3. The SMILES string of the molecule is N#Cc1nccnc1-c1cccc(C2CCCCC2)c1. The van der Waals surface area contributed by atoms with E-state index in [0.29, 0.717) is 17.3 Å². The first-order valence-corrected chi connectivity index (χ1v) is 7.20. The summed E-state index contributed by atoms with van der Waals surface area (Å²) >= 11 is 0. The Bertz CT molecular complexity index is 637. The van der Waals surface area contributed by atoms with E-state index in [2.05, 4.69) is 34.2 Å². The topological polar surface area (TPSA) is 49.6 Å². The van der Waals surface area contributed by atoms with Crippen LogP contribution in [0.25, 0.3) is 11.3 Å². The van der Waals surface area contributed by atoms with Crippen LogP contribution in [0.15, 0.2) is 36.7 Å². The molecule has 0 bridgehead atoms. The van der Waals surface area contributed by atoms with Crippen molar-refractivity contribution in [3.05, 3.63) is 47.9 Å². The zero-order valence-electron chi connectivity index (χ0n) is 11.4. The maximum Gasteiger partial charge on any atom is 0.166 e. The first-order chi connectivity index (χ1) is 9.88. The molecule has 0 aliphatic heterocycles. The molecule has 3 heteroatoms. The fourth-order valence-electron chi connectivity index (χ4n) is 3.01. The summed E-state index contributed by atoms with van der Waals surface area (Å²) < 4.78 is 0. The number of hydrogen-bond acceptors (Lipinski definition) is 3. The van der Waals surface area contributed by atoms with E-state index in [-0.39, 0.29) is 0 Å². The summed E-state index contributed by atoms with van der Waals surface area (Å²) in [7, 11) is 0. The minimum Gasteiger partial charge on any atom is -0.252 e. The van der Waals surface area contributed by atoms with Gasteiger partial charge in [-0.1, -0.05) is 37.5 Å². The van der Waals surface area contributed by atoms with Crippen molar-refractivity contribution < 1.29 is 0 Å². The number of hydrogen-bond donors (Lipinski definition) is 0. The molecular weight excluding hydrogens is 246 g/mol. The van der Waals surface area contributed by atoms with Gasteiger partial charge in [0, 0.05) is 18.0 Å². The molecule has 100 valence electrons. The highest BCUT2D eigenvalue weighted by molar-refractivity contribution is 5.65. The zero-order valence-corrected chi connectivity index (χ0v) is 11.4. The van der Waals surface area contributed by atoms with E-state index in [1.165, 1.54) is 37.7 Å². The lowest BCUT2D eigenvalue weighted by molar-refractivity contribution is 0.443. The van der Waals surface area contributed by atoms with Crippen molar-refractivity contribution >= 4 is 0 Å². The van der Waals surface area contributed by atoms with Crippen molar-refractivity contribution in [2.24, 2.45) is 0 Å². The third-order valence-electron chi connectivity index (χ3n) is 4.04. The second-order valence-corrected chi connectivity index (χ2v) is 5.33. The van der Waals surface area contributed by atoms with Gasteiger partial charge >= 0.3 is 0 Å². The third-order valence-corrected chi connectivity index (χ3v) is 4.04.